The van der Waals surface area contributed by atoms with Crippen LogP contribution < -0.4 is 4.74 Å². The molecule has 2 aromatic carbocycles. The lowest BCUT2D eigenvalue weighted by Gasteiger charge is -2.10. The molecule has 0 aromatic heterocycles. The van der Waals surface area contributed by atoms with E-state index < -0.39 is 5.82 Å². The first kappa shape index (κ1) is 14.3. The Kier molecular flexibility index (Phi) is 4.51. The van der Waals surface area contributed by atoms with Crippen LogP contribution in [0.5, 0.6) is 5.75 Å². The Bertz CT molecular complexity index is 600. The van der Waals surface area contributed by atoms with E-state index in [-0.39, 0.29) is 5.78 Å². The van der Waals surface area contributed by atoms with Gasteiger partial charge in [0.05, 0.1) is 12.2 Å². The third kappa shape index (κ3) is 3.23. The van der Waals surface area contributed by atoms with E-state index in [9.17, 15) is 9.18 Å². The highest BCUT2D eigenvalue weighted by Crippen LogP contribution is 2.22. The molecular formula is C17H17FO2. The van der Waals surface area contributed by atoms with Crippen LogP contribution in [0, 0.1) is 12.7 Å². The minimum atomic E-state index is -0.402. The zero-order chi connectivity index (χ0) is 14.5. The van der Waals surface area contributed by atoms with Crippen LogP contribution in [0.25, 0.3) is 0 Å². The number of benzene rings is 2. The largest absolute Gasteiger partial charge is 0.493 e. The first-order chi connectivity index (χ1) is 9.61. The molecule has 2 nitrogen and oxygen atoms in total. The van der Waals surface area contributed by atoms with Gasteiger partial charge in [-0.3, -0.25) is 4.79 Å². The molecule has 0 N–H and O–H groups in total. The average molecular weight is 272 g/mol. The maximum atomic E-state index is 13.4. The fourth-order valence-corrected chi connectivity index (χ4v) is 2.02. The number of halogens is 1. The third-order valence-corrected chi connectivity index (χ3v) is 2.90. The van der Waals surface area contributed by atoms with Crippen molar-refractivity contribution in [1.29, 1.82) is 0 Å². The summed E-state index contributed by atoms with van der Waals surface area (Å²) in [5, 5.41) is 0. The molecule has 0 radical (unpaired) electrons. The van der Waals surface area contributed by atoms with Crippen LogP contribution in [0.3, 0.4) is 0 Å². The van der Waals surface area contributed by atoms with Crippen LogP contribution in [0.4, 0.5) is 4.39 Å². The highest BCUT2D eigenvalue weighted by atomic mass is 19.1. The van der Waals surface area contributed by atoms with Crippen molar-refractivity contribution < 1.29 is 13.9 Å². The van der Waals surface area contributed by atoms with Gasteiger partial charge in [0.1, 0.15) is 11.6 Å². The van der Waals surface area contributed by atoms with Gasteiger partial charge in [0.25, 0.3) is 0 Å². The minimum Gasteiger partial charge on any atom is -0.493 e. The summed E-state index contributed by atoms with van der Waals surface area (Å²) in [6, 6.07) is 11.4. The van der Waals surface area contributed by atoms with Gasteiger partial charge in [-0.05, 0) is 49.2 Å². The molecule has 0 unspecified atom stereocenters. The number of ether oxygens (including phenoxy) is 1. The molecule has 0 heterocycles. The Balaban J connectivity index is 2.37. The number of hydrogen-bond acceptors (Lipinski definition) is 2. The summed E-state index contributed by atoms with van der Waals surface area (Å²) in [6.07, 6.45) is 0.863. The number of aryl methyl sites for hydroxylation is 1. The van der Waals surface area contributed by atoms with Crippen LogP contribution >= 0.6 is 0 Å². The molecule has 104 valence electrons. The summed E-state index contributed by atoms with van der Waals surface area (Å²) in [4.78, 5) is 12.5. The highest BCUT2D eigenvalue weighted by Gasteiger charge is 2.15. The number of para-hydroxylation sites is 1. The van der Waals surface area contributed by atoms with Gasteiger partial charge >= 0.3 is 0 Å². The number of carbonyl (C=O) groups is 1. The van der Waals surface area contributed by atoms with E-state index in [4.69, 9.17) is 4.74 Å². The van der Waals surface area contributed by atoms with Crippen molar-refractivity contribution >= 4 is 5.78 Å². The smallest absolute Gasteiger partial charge is 0.196 e. The standard InChI is InChI=1S/C17H17FO2/c1-3-8-20-16-7-5-4-6-15(16)17(19)13-9-12(2)10-14(18)11-13/h4-7,9-11H,3,8H2,1-2H3. The molecule has 0 aliphatic carbocycles. The molecule has 0 saturated heterocycles. The Morgan fingerprint density at radius 1 is 1.20 bits per heavy atom. The molecule has 0 aliphatic rings. The number of rotatable bonds is 5. The molecule has 0 spiro atoms. The second-order valence-corrected chi connectivity index (χ2v) is 4.69. The molecule has 0 atom stereocenters. The molecule has 0 saturated carbocycles. The van der Waals surface area contributed by atoms with Crippen LogP contribution in [-0.4, -0.2) is 12.4 Å². The van der Waals surface area contributed by atoms with Crippen molar-refractivity contribution in [3.63, 3.8) is 0 Å². The summed E-state index contributed by atoms with van der Waals surface area (Å²) in [5.74, 6) is -0.0825. The maximum Gasteiger partial charge on any atom is 0.196 e. The molecule has 2 rings (SSSR count). The SMILES string of the molecule is CCCOc1ccccc1C(=O)c1cc(C)cc(F)c1. The third-order valence-electron chi connectivity index (χ3n) is 2.90. The molecule has 0 fully saturated rings. The lowest BCUT2D eigenvalue weighted by molar-refractivity contribution is 0.103. The summed E-state index contributed by atoms with van der Waals surface area (Å²) in [6.45, 7) is 4.31. The Labute approximate surface area is 118 Å². The summed E-state index contributed by atoms with van der Waals surface area (Å²) in [5.41, 5.74) is 1.53. The van der Waals surface area contributed by atoms with E-state index in [1.165, 1.54) is 12.1 Å². The molecule has 3 heteroatoms. The van der Waals surface area contributed by atoms with E-state index in [1.54, 1.807) is 31.2 Å². The van der Waals surface area contributed by atoms with E-state index in [0.717, 1.165) is 12.0 Å². The quantitative estimate of drug-likeness (QED) is 0.764. The van der Waals surface area contributed by atoms with Gasteiger partial charge in [0.15, 0.2) is 5.78 Å². The van der Waals surface area contributed by atoms with Gasteiger partial charge in [-0.25, -0.2) is 4.39 Å². The van der Waals surface area contributed by atoms with Crippen LogP contribution in [0.15, 0.2) is 42.5 Å². The summed E-state index contributed by atoms with van der Waals surface area (Å²) in [7, 11) is 0. The van der Waals surface area contributed by atoms with Crippen LogP contribution in [0.1, 0.15) is 34.8 Å². The van der Waals surface area contributed by atoms with Gasteiger partial charge in [-0.15, -0.1) is 0 Å². The first-order valence-electron chi connectivity index (χ1n) is 6.65. The van der Waals surface area contributed by atoms with E-state index in [2.05, 4.69) is 0 Å². The van der Waals surface area contributed by atoms with Crippen molar-refractivity contribution in [1.82, 2.24) is 0 Å². The number of carbonyl (C=O) groups excluding carboxylic acids is 1. The van der Waals surface area contributed by atoms with Crippen LogP contribution in [-0.2, 0) is 0 Å². The topological polar surface area (TPSA) is 26.3 Å². The monoisotopic (exact) mass is 272 g/mol. The molecule has 0 bridgehead atoms. The lowest BCUT2D eigenvalue weighted by atomic mass is 10.0. The van der Waals surface area contributed by atoms with Gasteiger partial charge in [-0.1, -0.05) is 19.1 Å². The van der Waals surface area contributed by atoms with Crippen molar-refractivity contribution in [3.8, 4) is 5.75 Å². The average Bonchev–Trinajstić information content (AvgIpc) is 2.43. The van der Waals surface area contributed by atoms with Crippen molar-refractivity contribution in [2.45, 2.75) is 20.3 Å². The Morgan fingerprint density at radius 2 is 1.95 bits per heavy atom. The van der Waals surface area contributed by atoms with Gasteiger partial charge < -0.3 is 4.74 Å². The summed E-state index contributed by atoms with van der Waals surface area (Å²) < 4.78 is 19.0. The molecule has 0 aliphatic heterocycles. The summed E-state index contributed by atoms with van der Waals surface area (Å²) >= 11 is 0. The zero-order valence-corrected chi connectivity index (χ0v) is 11.7. The molecule has 20 heavy (non-hydrogen) atoms. The minimum absolute atomic E-state index is 0.223. The van der Waals surface area contributed by atoms with Gasteiger partial charge in [0.2, 0.25) is 0 Å². The van der Waals surface area contributed by atoms with Gasteiger partial charge in [0, 0.05) is 5.56 Å². The van der Waals surface area contributed by atoms with Crippen LogP contribution in [0.2, 0.25) is 0 Å². The maximum absolute atomic E-state index is 13.4. The Morgan fingerprint density at radius 3 is 2.65 bits per heavy atom. The predicted octanol–water partition coefficient (Wildman–Crippen LogP) is 4.15. The molecule has 2 aromatic rings. The predicted molar refractivity (Wildman–Crippen MR) is 76.8 cm³/mol. The second kappa shape index (κ2) is 6.33. The molecule has 0 amide bonds. The normalized spacial score (nSPS) is 10.3. The van der Waals surface area contributed by atoms with E-state index >= 15 is 0 Å². The number of ketones is 1. The first-order valence-corrected chi connectivity index (χ1v) is 6.65. The van der Waals surface area contributed by atoms with Gasteiger partial charge in [-0.2, -0.15) is 0 Å². The lowest BCUT2D eigenvalue weighted by Crippen LogP contribution is -2.06. The zero-order valence-electron chi connectivity index (χ0n) is 11.7. The second-order valence-electron chi connectivity index (χ2n) is 4.69. The fraction of sp³-hybridized carbons (Fsp3) is 0.235. The van der Waals surface area contributed by atoms with Crippen molar-refractivity contribution in [2.24, 2.45) is 0 Å². The Hall–Kier alpha value is -2.16. The fourth-order valence-electron chi connectivity index (χ4n) is 2.02. The molecular weight excluding hydrogens is 255 g/mol. The van der Waals surface area contributed by atoms with E-state index in [0.29, 0.717) is 23.5 Å². The van der Waals surface area contributed by atoms with E-state index in [1.807, 2.05) is 13.0 Å². The highest BCUT2D eigenvalue weighted by molar-refractivity contribution is 6.10. The number of hydrogen-bond donors (Lipinski definition) is 0. The van der Waals surface area contributed by atoms with Crippen molar-refractivity contribution in [2.75, 3.05) is 6.61 Å². The van der Waals surface area contributed by atoms with Crippen molar-refractivity contribution in [3.05, 3.63) is 65.0 Å².